The second-order valence-corrected chi connectivity index (χ2v) is 8.21. The molecule has 0 aliphatic rings. The predicted molar refractivity (Wildman–Crippen MR) is 107 cm³/mol. The number of benzene rings is 2. The first-order valence-electron chi connectivity index (χ1n) is 8.69. The van der Waals surface area contributed by atoms with Gasteiger partial charge in [-0.2, -0.15) is 0 Å². The molecule has 0 amide bonds. The SMILES string of the molecule is COc1cc(COCC(C)(C)C(C)O)ccc1-c1nc2ccccc2s1. The average molecular weight is 372 g/mol. The summed E-state index contributed by atoms with van der Waals surface area (Å²) in [5, 5.41) is 10.7. The Kier molecular flexibility index (Phi) is 5.61. The number of aliphatic hydroxyl groups is 1. The van der Waals surface area contributed by atoms with Gasteiger partial charge in [0.1, 0.15) is 10.8 Å². The summed E-state index contributed by atoms with van der Waals surface area (Å²) in [6, 6.07) is 14.2. The van der Waals surface area contributed by atoms with Crippen molar-refractivity contribution in [3.8, 4) is 16.3 Å². The van der Waals surface area contributed by atoms with Gasteiger partial charge >= 0.3 is 0 Å². The topological polar surface area (TPSA) is 51.6 Å². The second-order valence-electron chi connectivity index (χ2n) is 7.18. The average Bonchev–Trinajstić information content (AvgIpc) is 3.05. The zero-order valence-corrected chi connectivity index (χ0v) is 16.5. The van der Waals surface area contributed by atoms with E-state index < -0.39 is 6.10 Å². The number of aromatic nitrogens is 1. The molecule has 4 nitrogen and oxygen atoms in total. The summed E-state index contributed by atoms with van der Waals surface area (Å²) in [6.45, 7) is 6.75. The molecular formula is C21H25NO3S. The third-order valence-corrected chi connectivity index (χ3v) is 5.73. The lowest BCUT2D eigenvalue weighted by Gasteiger charge is -2.27. The zero-order chi connectivity index (χ0) is 18.7. The third kappa shape index (κ3) is 4.06. The smallest absolute Gasteiger partial charge is 0.129 e. The Balaban J connectivity index is 1.77. The second kappa shape index (κ2) is 7.74. The van der Waals surface area contributed by atoms with Crippen LogP contribution in [-0.4, -0.2) is 29.9 Å². The minimum Gasteiger partial charge on any atom is -0.496 e. The number of nitrogens with zero attached hydrogens (tertiary/aromatic N) is 1. The van der Waals surface area contributed by atoms with E-state index in [1.165, 1.54) is 0 Å². The third-order valence-electron chi connectivity index (χ3n) is 4.66. The van der Waals surface area contributed by atoms with Gasteiger partial charge in [0.25, 0.3) is 0 Å². The molecule has 1 N–H and O–H groups in total. The fourth-order valence-corrected chi connectivity index (χ4v) is 3.54. The van der Waals surface area contributed by atoms with Gasteiger partial charge in [-0.1, -0.05) is 32.0 Å². The fourth-order valence-electron chi connectivity index (χ4n) is 2.54. The van der Waals surface area contributed by atoms with E-state index in [-0.39, 0.29) is 5.41 Å². The van der Waals surface area contributed by atoms with Crippen LogP contribution >= 0.6 is 11.3 Å². The zero-order valence-electron chi connectivity index (χ0n) is 15.7. The summed E-state index contributed by atoms with van der Waals surface area (Å²) in [7, 11) is 1.67. The maximum absolute atomic E-state index is 9.78. The molecule has 2 aromatic carbocycles. The first-order valence-corrected chi connectivity index (χ1v) is 9.51. The molecule has 138 valence electrons. The Labute approximate surface area is 158 Å². The van der Waals surface area contributed by atoms with Gasteiger partial charge in [-0.3, -0.25) is 0 Å². The fraction of sp³-hybridized carbons (Fsp3) is 0.381. The molecule has 3 aromatic rings. The summed E-state index contributed by atoms with van der Waals surface area (Å²) >= 11 is 1.66. The van der Waals surface area contributed by atoms with E-state index in [9.17, 15) is 5.11 Å². The lowest BCUT2D eigenvalue weighted by Crippen LogP contribution is -2.31. The van der Waals surface area contributed by atoms with Gasteiger partial charge in [-0.25, -0.2) is 4.98 Å². The number of thiazole rings is 1. The van der Waals surface area contributed by atoms with E-state index >= 15 is 0 Å². The minimum atomic E-state index is -0.418. The number of rotatable bonds is 7. The van der Waals surface area contributed by atoms with Crippen molar-refractivity contribution in [1.82, 2.24) is 4.98 Å². The predicted octanol–water partition coefficient (Wildman–Crippen LogP) is 4.90. The van der Waals surface area contributed by atoms with Gasteiger partial charge in [-0.05, 0) is 36.8 Å². The molecule has 26 heavy (non-hydrogen) atoms. The number of para-hydroxylation sites is 1. The Bertz CT molecular complexity index is 853. The molecule has 3 rings (SSSR count). The van der Waals surface area contributed by atoms with E-state index in [1.54, 1.807) is 25.4 Å². The number of hydrogen-bond acceptors (Lipinski definition) is 5. The van der Waals surface area contributed by atoms with Crippen molar-refractivity contribution >= 4 is 21.6 Å². The van der Waals surface area contributed by atoms with Gasteiger partial charge in [0, 0.05) is 5.41 Å². The van der Waals surface area contributed by atoms with Crippen molar-refractivity contribution < 1.29 is 14.6 Å². The van der Waals surface area contributed by atoms with Crippen LogP contribution in [0.4, 0.5) is 0 Å². The molecule has 0 bridgehead atoms. The molecule has 0 saturated carbocycles. The maximum atomic E-state index is 9.78. The lowest BCUT2D eigenvalue weighted by molar-refractivity contribution is -0.0205. The minimum absolute atomic E-state index is 0.273. The lowest BCUT2D eigenvalue weighted by atomic mass is 9.89. The molecule has 0 aliphatic heterocycles. The number of ether oxygens (including phenoxy) is 2. The molecule has 1 aromatic heterocycles. The number of methoxy groups -OCH3 is 1. The number of aliphatic hydroxyl groups excluding tert-OH is 1. The van der Waals surface area contributed by atoms with Crippen LogP contribution < -0.4 is 4.74 Å². The molecule has 0 radical (unpaired) electrons. The van der Waals surface area contributed by atoms with Crippen molar-refractivity contribution in [2.24, 2.45) is 5.41 Å². The molecular weight excluding hydrogens is 346 g/mol. The highest BCUT2D eigenvalue weighted by atomic mass is 32.1. The highest BCUT2D eigenvalue weighted by Gasteiger charge is 2.24. The van der Waals surface area contributed by atoms with Gasteiger partial charge in [-0.15, -0.1) is 11.3 Å². The molecule has 5 heteroatoms. The standard InChI is InChI=1S/C21H25NO3S/c1-14(23)21(2,3)13-25-12-15-9-10-16(18(11-15)24-4)20-22-17-7-5-6-8-19(17)26-20/h5-11,14,23H,12-13H2,1-4H3. The monoisotopic (exact) mass is 371 g/mol. The molecule has 0 spiro atoms. The Morgan fingerprint density at radius 2 is 1.96 bits per heavy atom. The van der Waals surface area contributed by atoms with Crippen LogP contribution in [0.15, 0.2) is 42.5 Å². The molecule has 0 fully saturated rings. The summed E-state index contributed by atoms with van der Waals surface area (Å²) in [5.74, 6) is 0.792. The Morgan fingerprint density at radius 3 is 2.65 bits per heavy atom. The summed E-state index contributed by atoms with van der Waals surface area (Å²) in [5.41, 5.74) is 2.75. The van der Waals surface area contributed by atoms with Gasteiger partial charge in [0.2, 0.25) is 0 Å². The van der Waals surface area contributed by atoms with E-state index in [4.69, 9.17) is 14.5 Å². The van der Waals surface area contributed by atoms with Crippen molar-refractivity contribution in [3.63, 3.8) is 0 Å². The number of hydrogen-bond donors (Lipinski definition) is 1. The van der Waals surface area contributed by atoms with Crippen molar-refractivity contribution in [3.05, 3.63) is 48.0 Å². The van der Waals surface area contributed by atoms with E-state index in [0.29, 0.717) is 13.2 Å². The van der Waals surface area contributed by atoms with Crippen LogP contribution in [0.25, 0.3) is 20.8 Å². The first kappa shape index (κ1) is 18.8. The normalized spacial score (nSPS) is 13.1. The highest BCUT2D eigenvalue weighted by molar-refractivity contribution is 7.21. The summed E-state index contributed by atoms with van der Waals surface area (Å²) in [6.07, 6.45) is -0.418. The van der Waals surface area contributed by atoms with Crippen LogP contribution in [0.5, 0.6) is 5.75 Å². The molecule has 0 aliphatic carbocycles. The largest absolute Gasteiger partial charge is 0.496 e. The molecule has 1 unspecified atom stereocenters. The highest BCUT2D eigenvalue weighted by Crippen LogP contribution is 2.36. The van der Waals surface area contributed by atoms with E-state index in [2.05, 4.69) is 6.07 Å². The Morgan fingerprint density at radius 1 is 1.19 bits per heavy atom. The van der Waals surface area contributed by atoms with Gasteiger partial charge in [0.05, 0.1) is 42.2 Å². The van der Waals surface area contributed by atoms with Crippen LogP contribution in [0.2, 0.25) is 0 Å². The quantitative estimate of drug-likeness (QED) is 0.642. The van der Waals surface area contributed by atoms with Gasteiger partial charge in [0.15, 0.2) is 0 Å². The van der Waals surface area contributed by atoms with Crippen molar-refractivity contribution in [2.75, 3.05) is 13.7 Å². The van der Waals surface area contributed by atoms with Crippen LogP contribution in [-0.2, 0) is 11.3 Å². The molecule has 1 atom stereocenters. The molecule has 1 heterocycles. The van der Waals surface area contributed by atoms with Crippen molar-refractivity contribution in [1.29, 1.82) is 0 Å². The van der Waals surface area contributed by atoms with Crippen LogP contribution in [0.3, 0.4) is 0 Å². The summed E-state index contributed by atoms with van der Waals surface area (Å²) < 4.78 is 12.6. The molecule has 0 saturated heterocycles. The first-order chi connectivity index (χ1) is 12.4. The van der Waals surface area contributed by atoms with Crippen molar-refractivity contribution in [2.45, 2.75) is 33.5 Å². The number of fused-ring (bicyclic) bond motifs is 1. The maximum Gasteiger partial charge on any atom is 0.129 e. The van der Waals surface area contributed by atoms with Crippen LogP contribution in [0, 0.1) is 5.41 Å². The van der Waals surface area contributed by atoms with E-state index in [1.807, 2.05) is 50.2 Å². The Hall–Kier alpha value is -1.95. The van der Waals surface area contributed by atoms with Crippen LogP contribution in [0.1, 0.15) is 26.3 Å². The van der Waals surface area contributed by atoms with E-state index in [0.717, 1.165) is 32.1 Å². The van der Waals surface area contributed by atoms with Gasteiger partial charge < -0.3 is 14.6 Å². The summed E-state index contributed by atoms with van der Waals surface area (Å²) in [4.78, 5) is 4.71.